The second-order valence-electron chi connectivity index (χ2n) is 3.54. The van der Waals surface area contributed by atoms with E-state index in [1.54, 1.807) is 24.4 Å². The Balaban J connectivity index is 2.29. The molecule has 1 N–H and O–H groups in total. The van der Waals surface area contributed by atoms with Gasteiger partial charge in [0.15, 0.2) is 0 Å². The zero-order valence-corrected chi connectivity index (χ0v) is 9.18. The molecule has 0 atom stereocenters. The smallest absolute Gasteiger partial charge is 0.252 e. The van der Waals surface area contributed by atoms with Gasteiger partial charge in [-0.05, 0) is 18.2 Å². The van der Waals surface area contributed by atoms with Gasteiger partial charge in [0, 0.05) is 23.7 Å². The van der Waals surface area contributed by atoms with E-state index < -0.39 is 0 Å². The van der Waals surface area contributed by atoms with Crippen molar-refractivity contribution in [2.75, 3.05) is 6.54 Å². The van der Waals surface area contributed by atoms with Crippen LogP contribution in [0.15, 0.2) is 36.5 Å². The van der Waals surface area contributed by atoms with Gasteiger partial charge in [-0.1, -0.05) is 12.1 Å². The highest BCUT2D eigenvalue weighted by Gasteiger charge is 2.08. The summed E-state index contributed by atoms with van der Waals surface area (Å²) in [6, 6.07) is 11.1. The molecule has 0 bridgehead atoms. The molecule has 1 aromatic carbocycles. The summed E-state index contributed by atoms with van der Waals surface area (Å²) in [4.78, 5) is 16.1. The molecule has 4 heteroatoms. The van der Waals surface area contributed by atoms with E-state index in [1.807, 2.05) is 18.2 Å². The van der Waals surface area contributed by atoms with Gasteiger partial charge in [0.2, 0.25) is 0 Å². The molecule has 1 heterocycles. The predicted octanol–water partition coefficient (Wildman–Crippen LogP) is 1.88. The Morgan fingerprint density at radius 1 is 1.35 bits per heavy atom. The normalized spacial score (nSPS) is 9.82. The first-order valence-electron chi connectivity index (χ1n) is 5.32. The number of hydrogen-bond donors (Lipinski definition) is 1. The summed E-state index contributed by atoms with van der Waals surface area (Å²) in [5.41, 5.74) is 1.38. The number of fused-ring (bicyclic) bond motifs is 1. The van der Waals surface area contributed by atoms with Crippen LogP contribution in [0.2, 0.25) is 0 Å². The molecule has 0 spiro atoms. The third kappa shape index (κ3) is 2.40. The zero-order chi connectivity index (χ0) is 12.1. The van der Waals surface area contributed by atoms with Crippen LogP contribution in [0.25, 0.3) is 10.9 Å². The molecule has 0 aliphatic rings. The number of benzene rings is 1. The lowest BCUT2D eigenvalue weighted by molar-refractivity contribution is 0.0956. The zero-order valence-electron chi connectivity index (χ0n) is 9.18. The van der Waals surface area contributed by atoms with Crippen molar-refractivity contribution in [1.29, 1.82) is 5.26 Å². The number of aromatic nitrogens is 1. The van der Waals surface area contributed by atoms with Crippen molar-refractivity contribution in [2.24, 2.45) is 0 Å². The lowest BCUT2D eigenvalue weighted by Crippen LogP contribution is -2.24. The Morgan fingerprint density at radius 3 is 3.06 bits per heavy atom. The highest BCUT2D eigenvalue weighted by Crippen LogP contribution is 2.15. The molecular weight excluding hydrogens is 214 g/mol. The van der Waals surface area contributed by atoms with Crippen molar-refractivity contribution in [3.05, 3.63) is 42.1 Å². The molecule has 0 radical (unpaired) electrons. The molecule has 1 amide bonds. The van der Waals surface area contributed by atoms with E-state index in [0.29, 0.717) is 18.5 Å². The van der Waals surface area contributed by atoms with Crippen molar-refractivity contribution in [3.63, 3.8) is 0 Å². The van der Waals surface area contributed by atoms with Crippen LogP contribution in [-0.2, 0) is 0 Å². The highest BCUT2D eigenvalue weighted by molar-refractivity contribution is 6.06. The Hall–Kier alpha value is -2.41. The van der Waals surface area contributed by atoms with Gasteiger partial charge >= 0.3 is 0 Å². The molecule has 2 rings (SSSR count). The minimum Gasteiger partial charge on any atom is -0.351 e. The first kappa shape index (κ1) is 11.1. The summed E-state index contributed by atoms with van der Waals surface area (Å²) in [5, 5.41) is 11.9. The molecule has 0 aliphatic heterocycles. The summed E-state index contributed by atoms with van der Waals surface area (Å²) in [7, 11) is 0. The van der Waals surface area contributed by atoms with E-state index in [0.717, 1.165) is 10.9 Å². The standard InChI is InChI=1S/C13H11N3O/c14-7-3-9-16-13(17)11-4-1-6-12-10(11)5-2-8-15-12/h1-2,4-6,8H,3,9H2,(H,16,17). The van der Waals surface area contributed by atoms with Crippen LogP contribution in [0.3, 0.4) is 0 Å². The number of nitrogens with zero attached hydrogens (tertiary/aromatic N) is 2. The summed E-state index contributed by atoms with van der Waals surface area (Å²) in [6.45, 7) is 0.367. The van der Waals surface area contributed by atoms with Gasteiger partial charge in [-0.25, -0.2) is 0 Å². The van der Waals surface area contributed by atoms with E-state index in [4.69, 9.17) is 5.26 Å². The number of nitriles is 1. The summed E-state index contributed by atoms with van der Waals surface area (Å²) < 4.78 is 0. The predicted molar refractivity (Wildman–Crippen MR) is 64.3 cm³/mol. The van der Waals surface area contributed by atoms with E-state index in [-0.39, 0.29) is 5.91 Å². The van der Waals surface area contributed by atoms with Crippen LogP contribution < -0.4 is 5.32 Å². The molecule has 0 unspecified atom stereocenters. The van der Waals surface area contributed by atoms with Crippen molar-refractivity contribution in [1.82, 2.24) is 10.3 Å². The first-order chi connectivity index (χ1) is 8.33. The van der Waals surface area contributed by atoms with Crippen molar-refractivity contribution in [2.45, 2.75) is 6.42 Å². The van der Waals surface area contributed by atoms with Crippen LogP contribution in [0, 0.1) is 11.3 Å². The second kappa shape index (κ2) is 5.08. The maximum absolute atomic E-state index is 11.9. The molecule has 17 heavy (non-hydrogen) atoms. The fraction of sp³-hybridized carbons (Fsp3) is 0.154. The number of carbonyl (C=O) groups is 1. The molecule has 4 nitrogen and oxygen atoms in total. The quantitative estimate of drug-likeness (QED) is 0.811. The average Bonchev–Trinajstić information content (AvgIpc) is 2.38. The molecule has 0 saturated carbocycles. The lowest BCUT2D eigenvalue weighted by Gasteiger charge is -2.05. The minimum absolute atomic E-state index is 0.168. The number of nitrogens with one attached hydrogen (secondary N) is 1. The molecule has 0 aliphatic carbocycles. The van der Waals surface area contributed by atoms with Crippen molar-refractivity contribution >= 4 is 16.8 Å². The van der Waals surface area contributed by atoms with Gasteiger partial charge in [0.05, 0.1) is 18.0 Å². The maximum atomic E-state index is 11.9. The number of hydrogen-bond acceptors (Lipinski definition) is 3. The van der Waals surface area contributed by atoms with E-state index in [9.17, 15) is 4.79 Å². The molecule has 0 fully saturated rings. The van der Waals surface area contributed by atoms with Gasteiger partial charge in [-0.3, -0.25) is 9.78 Å². The van der Waals surface area contributed by atoms with Crippen LogP contribution >= 0.6 is 0 Å². The summed E-state index contributed by atoms with van der Waals surface area (Å²) in [5.74, 6) is -0.168. The summed E-state index contributed by atoms with van der Waals surface area (Å²) in [6.07, 6.45) is 2.01. The number of amides is 1. The van der Waals surface area contributed by atoms with Gasteiger partial charge in [0.25, 0.3) is 5.91 Å². The van der Waals surface area contributed by atoms with E-state index >= 15 is 0 Å². The molecule has 1 aromatic heterocycles. The average molecular weight is 225 g/mol. The molecule has 0 saturated heterocycles. The number of pyridine rings is 1. The highest BCUT2D eigenvalue weighted by atomic mass is 16.1. The molecule has 84 valence electrons. The fourth-order valence-corrected chi connectivity index (χ4v) is 1.63. The third-order valence-corrected chi connectivity index (χ3v) is 2.41. The first-order valence-corrected chi connectivity index (χ1v) is 5.32. The second-order valence-corrected chi connectivity index (χ2v) is 3.54. The van der Waals surface area contributed by atoms with Crippen molar-refractivity contribution < 1.29 is 4.79 Å². The Morgan fingerprint density at radius 2 is 2.24 bits per heavy atom. The summed E-state index contributed by atoms with van der Waals surface area (Å²) >= 11 is 0. The SMILES string of the molecule is N#CCCNC(=O)c1cccc2ncccc12. The Bertz CT molecular complexity index is 581. The van der Waals surface area contributed by atoms with E-state index in [1.165, 1.54) is 0 Å². The maximum Gasteiger partial charge on any atom is 0.252 e. The number of rotatable bonds is 3. The molecule has 2 aromatic rings. The largest absolute Gasteiger partial charge is 0.351 e. The Kier molecular flexibility index (Phi) is 3.31. The monoisotopic (exact) mass is 225 g/mol. The lowest BCUT2D eigenvalue weighted by atomic mass is 10.1. The van der Waals surface area contributed by atoms with Gasteiger partial charge in [-0.15, -0.1) is 0 Å². The number of carbonyl (C=O) groups excluding carboxylic acids is 1. The van der Waals surface area contributed by atoms with Crippen LogP contribution in [0.1, 0.15) is 16.8 Å². The molecular formula is C13H11N3O. The van der Waals surface area contributed by atoms with Crippen LogP contribution in [-0.4, -0.2) is 17.4 Å². The van der Waals surface area contributed by atoms with Gasteiger partial charge in [-0.2, -0.15) is 5.26 Å². The minimum atomic E-state index is -0.168. The van der Waals surface area contributed by atoms with Gasteiger partial charge < -0.3 is 5.32 Å². The third-order valence-electron chi connectivity index (χ3n) is 2.41. The van der Waals surface area contributed by atoms with Crippen molar-refractivity contribution in [3.8, 4) is 6.07 Å². The Labute approximate surface area is 98.9 Å². The fourth-order valence-electron chi connectivity index (χ4n) is 1.63. The van der Waals surface area contributed by atoms with Crippen LogP contribution in [0.5, 0.6) is 0 Å². The van der Waals surface area contributed by atoms with E-state index in [2.05, 4.69) is 10.3 Å². The topological polar surface area (TPSA) is 65.8 Å². The van der Waals surface area contributed by atoms with Gasteiger partial charge in [0.1, 0.15) is 0 Å². The van der Waals surface area contributed by atoms with Crippen LogP contribution in [0.4, 0.5) is 0 Å².